The lowest BCUT2D eigenvalue weighted by Gasteiger charge is -2.21. The monoisotopic (exact) mass is 435 g/mol. The molecule has 0 fully saturated rings. The number of likely N-dealkylation sites (N-methyl/N-ethyl adjacent to an activating group) is 1. The Hall–Kier alpha value is -2.19. The van der Waals surface area contributed by atoms with Gasteiger partial charge in [-0.3, -0.25) is 4.79 Å². The van der Waals surface area contributed by atoms with E-state index in [1.165, 1.54) is 16.4 Å². The fraction of sp³-hybridized carbons (Fsp3) is 0.286. The maximum absolute atomic E-state index is 13.0. The van der Waals surface area contributed by atoms with E-state index in [9.17, 15) is 13.2 Å². The van der Waals surface area contributed by atoms with Gasteiger partial charge in [-0.1, -0.05) is 29.8 Å². The van der Waals surface area contributed by atoms with Gasteiger partial charge >= 0.3 is 0 Å². The Balaban J connectivity index is 2.11. The van der Waals surface area contributed by atoms with Crippen LogP contribution in [0.5, 0.6) is 0 Å². The third kappa shape index (κ3) is 6.68. The van der Waals surface area contributed by atoms with Gasteiger partial charge in [0.2, 0.25) is 10.0 Å². The highest BCUT2D eigenvalue weighted by molar-refractivity contribution is 7.89. The predicted octanol–water partition coefficient (Wildman–Crippen LogP) is 3.01. The Morgan fingerprint density at radius 2 is 1.72 bits per heavy atom. The predicted molar refractivity (Wildman–Crippen MR) is 117 cm³/mol. The number of hydrogen-bond acceptors (Lipinski definition) is 4. The molecule has 0 aliphatic carbocycles. The summed E-state index contributed by atoms with van der Waals surface area (Å²) in [6.07, 6.45) is 1.54. The molecule has 0 bridgehead atoms. The second-order valence-corrected chi connectivity index (χ2v) is 9.17. The molecule has 0 aromatic heterocycles. The van der Waals surface area contributed by atoms with Crippen LogP contribution in [0, 0.1) is 0 Å². The van der Waals surface area contributed by atoms with Crippen LogP contribution < -0.4 is 5.32 Å². The molecule has 2 rings (SSSR count). The minimum Gasteiger partial charge on any atom is -0.351 e. The van der Waals surface area contributed by atoms with Crippen molar-refractivity contribution in [3.05, 3.63) is 77.3 Å². The van der Waals surface area contributed by atoms with Gasteiger partial charge in [0.25, 0.3) is 5.91 Å². The SMILES string of the molecule is C=CCN(Cc1ccc(C(=O)NCCN(C)C)cc1)S(=O)(=O)c1ccc(Cl)cc1. The van der Waals surface area contributed by atoms with Crippen molar-refractivity contribution in [2.75, 3.05) is 33.7 Å². The number of amides is 1. The molecule has 29 heavy (non-hydrogen) atoms. The fourth-order valence-electron chi connectivity index (χ4n) is 2.61. The lowest BCUT2D eigenvalue weighted by atomic mass is 10.1. The van der Waals surface area contributed by atoms with E-state index in [0.717, 1.165) is 12.1 Å². The molecule has 156 valence electrons. The zero-order chi connectivity index (χ0) is 21.4. The zero-order valence-electron chi connectivity index (χ0n) is 16.6. The van der Waals surface area contributed by atoms with Crippen molar-refractivity contribution in [2.45, 2.75) is 11.4 Å². The molecule has 8 heteroatoms. The number of halogens is 1. The van der Waals surface area contributed by atoms with Gasteiger partial charge in [0.15, 0.2) is 0 Å². The van der Waals surface area contributed by atoms with Crippen molar-refractivity contribution in [3.8, 4) is 0 Å². The zero-order valence-corrected chi connectivity index (χ0v) is 18.2. The Labute approximate surface area is 177 Å². The topological polar surface area (TPSA) is 69.7 Å². The molecule has 1 N–H and O–H groups in total. The number of carbonyl (C=O) groups is 1. The standard InChI is InChI=1S/C21H26ClN3O3S/c1-4-14-25(29(27,28)20-11-9-19(22)10-12-20)16-17-5-7-18(8-6-17)21(26)23-13-15-24(2)3/h4-12H,1,13-16H2,2-3H3,(H,23,26). The second-order valence-electron chi connectivity index (χ2n) is 6.80. The average Bonchev–Trinajstić information content (AvgIpc) is 2.68. The average molecular weight is 436 g/mol. The summed E-state index contributed by atoms with van der Waals surface area (Å²) in [7, 11) is 0.172. The summed E-state index contributed by atoms with van der Waals surface area (Å²) in [5, 5.41) is 3.32. The molecule has 0 saturated heterocycles. The molecule has 0 heterocycles. The largest absolute Gasteiger partial charge is 0.351 e. The van der Waals surface area contributed by atoms with Crippen molar-refractivity contribution in [1.29, 1.82) is 0 Å². The number of rotatable bonds is 10. The van der Waals surface area contributed by atoms with Crippen LogP contribution in [-0.4, -0.2) is 57.3 Å². The van der Waals surface area contributed by atoms with Gasteiger partial charge in [0.1, 0.15) is 0 Å². The van der Waals surface area contributed by atoms with Crippen molar-refractivity contribution < 1.29 is 13.2 Å². The van der Waals surface area contributed by atoms with Crippen molar-refractivity contribution in [2.24, 2.45) is 0 Å². The maximum atomic E-state index is 13.0. The Bertz CT molecular complexity index is 927. The van der Waals surface area contributed by atoms with Gasteiger partial charge < -0.3 is 10.2 Å². The number of carbonyl (C=O) groups excluding carboxylic acids is 1. The molecule has 0 atom stereocenters. The molecule has 0 radical (unpaired) electrons. The van der Waals surface area contributed by atoms with Crippen molar-refractivity contribution in [1.82, 2.24) is 14.5 Å². The van der Waals surface area contributed by atoms with E-state index in [4.69, 9.17) is 11.6 Å². The Morgan fingerprint density at radius 3 is 2.28 bits per heavy atom. The smallest absolute Gasteiger partial charge is 0.251 e. The molecule has 6 nitrogen and oxygen atoms in total. The van der Waals surface area contributed by atoms with Crippen LogP contribution in [0.15, 0.2) is 66.1 Å². The Morgan fingerprint density at radius 1 is 1.10 bits per heavy atom. The lowest BCUT2D eigenvalue weighted by molar-refractivity contribution is 0.0951. The highest BCUT2D eigenvalue weighted by atomic mass is 35.5. The Kier molecular flexibility index (Phi) is 8.40. The minimum absolute atomic E-state index is 0.157. The molecule has 2 aromatic carbocycles. The number of nitrogens with one attached hydrogen (secondary N) is 1. The van der Waals surface area contributed by atoms with Crippen LogP contribution in [0.2, 0.25) is 5.02 Å². The second kappa shape index (κ2) is 10.5. The van der Waals surface area contributed by atoms with Gasteiger partial charge in [-0.25, -0.2) is 8.42 Å². The number of hydrogen-bond donors (Lipinski definition) is 1. The van der Waals surface area contributed by atoms with Crippen LogP contribution in [0.1, 0.15) is 15.9 Å². The summed E-state index contributed by atoms with van der Waals surface area (Å²) in [4.78, 5) is 14.3. The van der Waals surface area contributed by atoms with Crippen LogP contribution >= 0.6 is 11.6 Å². The molecule has 2 aromatic rings. The van der Waals surface area contributed by atoms with E-state index in [1.54, 1.807) is 42.5 Å². The number of sulfonamides is 1. The normalized spacial score (nSPS) is 11.6. The van der Waals surface area contributed by atoms with E-state index in [-0.39, 0.29) is 23.9 Å². The summed E-state index contributed by atoms with van der Waals surface area (Å²) >= 11 is 5.86. The van der Waals surface area contributed by atoms with Crippen molar-refractivity contribution in [3.63, 3.8) is 0 Å². The van der Waals surface area contributed by atoms with Gasteiger partial charge in [-0.05, 0) is 56.1 Å². The van der Waals surface area contributed by atoms with E-state index in [0.29, 0.717) is 17.1 Å². The van der Waals surface area contributed by atoms with E-state index in [2.05, 4.69) is 11.9 Å². The lowest BCUT2D eigenvalue weighted by Crippen LogP contribution is -2.31. The van der Waals surface area contributed by atoms with Crippen molar-refractivity contribution >= 4 is 27.5 Å². The van der Waals surface area contributed by atoms with Crippen LogP contribution in [0.4, 0.5) is 0 Å². The van der Waals surface area contributed by atoms with Gasteiger partial charge in [-0.2, -0.15) is 4.31 Å². The van der Waals surface area contributed by atoms with Gasteiger partial charge in [0, 0.05) is 36.8 Å². The van der Waals surface area contributed by atoms with E-state index < -0.39 is 10.0 Å². The summed E-state index contributed by atoms with van der Waals surface area (Å²) in [6, 6.07) is 13.0. The fourth-order valence-corrected chi connectivity index (χ4v) is 4.13. The van der Waals surface area contributed by atoms with E-state index in [1.807, 2.05) is 19.0 Å². The molecule has 0 spiro atoms. The summed E-state index contributed by atoms with van der Waals surface area (Å²) in [5.41, 5.74) is 1.30. The highest BCUT2D eigenvalue weighted by Gasteiger charge is 2.23. The molecule has 0 saturated carbocycles. The molecule has 0 unspecified atom stereocenters. The molecule has 0 aliphatic heterocycles. The summed E-state index contributed by atoms with van der Waals surface area (Å²) in [6.45, 7) is 5.30. The van der Waals surface area contributed by atoms with Crippen LogP contribution in [0.3, 0.4) is 0 Å². The highest BCUT2D eigenvalue weighted by Crippen LogP contribution is 2.20. The molecule has 1 amide bonds. The van der Waals surface area contributed by atoms with Crippen LogP contribution in [0.25, 0.3) is 0 Å². The quantitative estimate of drug-likeness (QED) is 0.582. The summed E-state index contributed by atoms with van der Waals surface area (Å²) < 4.78 is 27.2. The molecule has 0 aliphatic rings. The molecular weight excluding hydrogens is 410 g/mol. The first-order valence-corrected chi connectivity index (χ1v) is 10.9. The molecular formula is C21H26ClN3O3S. The van der Waals surface area contributed by atoms with Gasteiger partial charge in [0.05, 0.1) is 4.90 Å². The minimum atomic E-state index is -3.71. The third-order valence-electron chi connectivity index (χ3n) is 4.20. The maximum Gasteiger partial charge on any atom is 0.251 e. The third-order valence-corrected chi connectivity index (χ3v) is 6.28. The van der Waals surface area contributed by atoms with E-state index >= 15 is 0 Å². The van der Waals surface area contributed by atoms with Gasteiger partial charge in [-0.15, -0.1) is 6.58 Å². The number of nitrogens with zero attached hydrogens (tertiary/aromatic N) is 2. The first-order chi connectivity index (χ1) is 13.7. The first kappa shape index (κ1) is 23.1. The first-order valence-electron chi connectivity index (χ1n) is 9.12. The summed E-state index contributed by atoms with van der Waals surface area (Å²) in [5.74, 6) is -0.157. The number of benzene rings is 2. The van der Waals surface area contributed by atoms with Crippen LogP contribution in [-0.2, 0) is 16.6 Å².